The molecule has 4 heteroatoms. The molecule has 2 nitrogen and oxygen atoms in total. The summed E-state index contributed by atoms with van der Waals surface area (Å²) in [5, 5.41) is 4.14. The van der Waals surface area contributed by atoms with Gasteiger partial charge in [-0.3, -0.25) is 0 Å². The van der Waals surface area contributed by atoms with E-state index in [9.17, 15) is 0 Å². The minimum Gasteiger partial charge on any atom is -0.496 e. The van der Waals surface area contributed by atoms with Crippen molar-refractivity contribution in [1.82, 2.24) is 5.32 Å². The molecule has 1 aliphatic rings. The summed E-state index contributed by atoms with van der Waals surface area (Å²) in [4.78, 5) is 2.89. The second kappa shape index (κ2) is 5.76. The van der Waals surface area contributed by atoms with E-state index in [1.54, 1.807) is 12.0 Å². The molecule has 1 aromatic carbocycles. The summed E-state index contributed by atoms with van der Waals surface area (Å²) in [6, 6.07) is 8.27. The second-order valence-corrected chi connectivity index (χ2v) is 6.66. The van der Waals surface area contributed by atoms with Crippen molar-refractivity contribution in [3.8, 4) is 5.75 Å². The van der Waals surface area contributed by atoms with E-state index in [2.05, 4.69) is 11.4 Å². The largest absolute Gasteiger partial charge is 0.496 e. The zero-order chi connectivity index (χ0) is 14.1. The van der Waals surface area contributed by atoms with E-state index in [0.717, 1.165) is 16.3 Å². The normalized spacial score (nSPS) is 15.2. The van der Waals surface area contributed by atoms with E-state index >= 15 is 0 Å². The van der Waals surface area contributed by atoms with Crippen molar-refractivity contribution in [2.45, 2.75) is 25.3 Å². The van der Waals surface area contributed by atoms with Crippen LogP contribution in [0.15, 0.2) is 24.3 Å². The van der Waals surface area contributed by atoms with E-state index in [0.29, 0.717) is 0 Å². The summed E-state index contributed by atoms with van der Waals surface area (Å²) in [6.07, 6.45) is 3.74. The van der Waals surface area contributed by atoms with Crippen LogP contribution in [0.3, 0.4) is 0 Å². The number of fused-ring (bicyclic) bond motifs is 1. The van der Waals surface area contributed by atoms with Crippen molar-refractivity contribution in [2.24, 2.45) is 0 Å². The van der Waals surface area contributed by atoms with Crippen molar-refractivity contribution < 1.29 is 4.74 Å². The first kappa shape index (κ1) is 13.9. The van der Waals surface area contributed by atoms with Gasteiger partial charge in [0.25, 0.3) is 0 Å². The highest BCUT2D eigenvalue weighted by Gasteiger charge is 2.22. The quantitative estimate of drug-likeness (QED) is 0.913. The number of hydrogen-bond donors (Lipinski definition) is 1. The number of ether oxygens (including phenoxy) is 1. The molecule has 0 saturated heterocycles. The lowest BCUT2D eigenvalue weighted by Crippen LogP contribution is -2.17. The first-order valence-corrected chi connectivity index (χ1v) is 8.04. The van der Waals surface area contributed by atoms with Crippen molar-refractivity contribution in [1.29, 1.82) is 0 Å². The lowest BCUT2D eigenvalue weighted by atomic mass is 10.0. The highest BCUT2D eigenvalue weighted by molar-refractivity contribution is 7.12. The van der Waals surface area contributed by atoms with Gasteiger partial charge in [-0.25, -0.2) is 0 Å². The molecule has 1 atom stereocenters. The van der Waals surface area contributed by atoms with Crippen LogP contribution in [0.25, 0.3) is 0 Å². The molecule has 0 aliphatic heterocycles. The molecule has 1 unspecified atom stereocenters. The van der Waals surface area contributed by atoms with Gasteiger partial charge in [-0.2, -0.15) is 0 Å². The van der Waals surface area contributed by atoms with Gasteiger partial charge < -0.3 is 10.1 Å². The summed E-state index contributed by atoms with van der Waals surface area (Å²) >= 11 is 8.07. The second-order valence-electron chi connectivity index (χ2n) is 5.06. The highest BCUT2D eigenvalue weighted by atomic mass is 35.5. The fourth-order valence-corrected chi connectivity index (χ4v) is 4.44. The van der Waals surface area contributed by atoms with Crippen LogP contribution >= 0.6 is 22.9 Å². The van der Waals surface area contributed by atoms with E-state index in [1.165, 1.54) is 29.7 Å². The van der Waals surface area contributed by atoms with E-state index in [-0.39, 0.29) is 6.04 Å². The molecule has 0 saturated carbocycles. The third-order valence-corrected chi connectivity index (χ3v) is 5.38. The van der Waals surface area contributed by atoms with E-state index in [4.69, 9.17) is 16.3 Å². The van der Waals surface area contributed by atoms with Crippen molar-refractivity contribution >= 4 is 22.9 Å². The van der Waals surface area contributed by atoms with Crippen molar-refractivity contribution in [3.63, 3.8) is 0 Å². The van der Waals surface area contributed by atoms with Gasteiger partial charge in [0, 0.05) is 20.3 Å². The summed E-state index contributed by atoms with van der Waals surface area (Å²) in [7, 11) is 3.68. The molecule has 0 fully saturated rings. The van der Waals surface area contributed by atoms with Gasteiger partial charge in [0.05, 0.1) is 13.2 Å². The molecule has 2 aromatic rings. The number of aryl methyl sites for hydroxylation is 2. The molecule has 0 radical (unpaired) electrons. The number of hydrogen-bond acceptors (Lipinski definition) is 3. The monoisotopic (exact) mass is 307 g/mol. The van der Waals surface area contributed by atoms with E-state index in [1.807, 2.05) is 36.6 Å². The van der Waals surface area contributed by atoms with Crippen LogP contribution < -0.4 is 10.1 Å². The molecule has 1 aromatic heterocycles. The third kappa shape index (κ3) is 2.46. The number of benzene rings is 1. The predicted octanol–water partition coefficient (Wildman–Crippen LogP) is 4.21. The summed E-state index contributed by atoms with van der Waals surface area (Å²) in [6.45, 7) is 0. The van der Waals surface area contributed by atoms with Gasteiger partial charge in [-0.1, -0.05) is 11.6 Å². The first-order valence-electron chi connectivity index (χ1n) is 6.85. The SMILES string of the molecule is CNC(c1cc2c(s1)CCC2)c1cc(Cl)ccc1OC. The third-order valence-electron chi connectivity index (χ3n) is 3.84. The average molecular weight is 308 g/mol. The Bertz CT molecular complexity index is 601. The number of halogens is 1. The maximum atomic E-state index is 6.16. The van der Waals surface area contributed by atoms with Gasteiger partial charge in [0.2, 0.25) is 0 Å². The zero-order valence-electron chi connectivity index (χ0n) is 11.7. The van der Waals surface area contributed by atoms with Crippen molar-refractivity contribution in [2.75, 3.05) is 14.2 Å². The summed E-state index contributed by atoms with van der Waals surface area (Å²) < 4.78 is 5.49. The maximum absolute atomic E-state index is 6.16. The van der Waals surface area contributed by atoms with Gasteiger partial charge in [-0.15, -0.1) is 11.3 Å². The minimum absolute atomic E-state index is 0.138. The zero-order valence-corrected chi connectivity index (χ0v) is 13.3. The molecule has 0 amide bonds. The Labute approximate surface area is 128 Å². The molecule has 20 heavy (non-hydrogen) atoms. The molecule has 3 rings (SSSR count). The molecule has 1 heterocycles. The molecule has 1 N–H and O–H groups in total. The predicted molar refractivity (Wildman–Crippen MR) is 85.3 cm³/mol. The van der Waals surface area contributed by atoms with Crippen LogP contribution in [-0.4, -0.2) is 14.2 Å². The Hall–Kier alpha value is -1.03. The Balaban J connectivity index is 2.02. The smallest absolute Gasteiger partial charge is 0.124 e. The Morgan fingerprint density at radius 1 is 1.30 bits per heavy atom. The molecular weight excluding hydrogens is 290 g/mol. The van der Waals surface area contributed by atoms with Gasteiger partial charge in [0.1, 0.15) is 5.75 Å². The van der Waals surface area contributed by atoms with Crippen LogP contribution in [0.1, 0.15) is 33.3 Å². The van der Waals surface area contributed by atoms with E-state index < -0.39 is 0 Å². The fourth-order valence-electron chi connectivity index (χ4n) is 2.88. The number of methoxy groups -OCH3 is 1. The molecule has 1 aliphatic carbocycles. The summed E-state index contributed by atoms with van der Waals surface area (Å²) in [5.41, 5.74) is 2.62. The van der Waals surface area contributed by atoms with Gasteiger partial charge >= 0.3 is 0 Å². The van der Waals surface area contributed by atoms with Crippen LogP contribution in [0, 0.1) is 0 Å². The maximum Gasteiger partial charge on any atom is 0.124 e. The molecular formula is C16H18ClNOS. The van der Waals surface area contributed by atoms with Crippen LogP contribution in [0.4, 0.5) is 0 Å². The van der Waals surface area contributed by atoms with Gasteiger partial charge in [-0.05, 0) is 56.1 Å². The lowest BCUT2D eigenvalue weighted by Gasteiger charge is -2.18. The van der Waals surface area contributed by atoms with Crippen molar-refractivity contribution in [3.05, 3.63) is 50.2 Å². The molecule has 0 spiro atoms. The topological polar surface area (TPSA) is 21.3 Å². The van der Waals surface area contributed by atoms with Crippen LogP contribution in [-0.2, 0) is 12.8 Å². The lowest BCUT2D eigenvalue weighted by molar-refractivity contribution is 0.405. The fraction of sp³-hybridized carbons (Fsp3) is 0.375. The molecule has 106 valence electrons. The van der Waals surface area contributed by atoms with Gasteiger partial charge in [0.15, 0.2) is 0 Å². The number of thiophene rings is 1. The molecule has 0 bridgehead atoms. The Morgan fingerprint density at radius 2 is 2.15 bits per heavy atom. The first-order chi connectivity index (χ1) is 9.72. The minimum atomic E-state index is 0.138. The Morgan fingerprint density at radius 3 is 2.85 bits per heavy atom. The average Bonchev–Trinajstić information content (AvgIpc) is 3.01. The number of rotatable bonds is 4. The summed E-state index contributed by atoms with van der Waals surface area (Å²) in [5.74, 6) is 0.877. The number of nitrogens with one attached hydrogen (secondary N) is 1. The highest BCUT2D eigenvalue weighted by Crippen LogP contribution is 2.39. The Kier molecular flexibility index (Phi) is 4.01. The van der Waals surface area contributed by atoms with Crippen LogP contribution in [0.2, 0.25) is 5.02 Å². The van der Waals surface area contributed by atoms with Crippen LogP contribution in [0.5, 0.6) is 5.75 Å². The standard InChI is InChI=1S/C16H18ClNOS/c1-18-16(12-9-11(17)6-7-13(12)19-2)15-8-10-4-3-5-14(10)20-15/h6-9,16,18H,3-5H2,1-2H3.